The zero-order valence-corrected chi connectivity index (χ0v) is 20.0. The Balaban J connectivity index is 1.57. The Kier molecular flexibility index (Phi) is 6.65. The van der Waals surface area contributed by atoms with Gasteiger partial charge in [0.25, 0.3) is 11.8 Å². The highest BCUT2D eigenvalue weighted by Crippen LogP contribution is 2.42. The fraction of sp³-hybridized carbons (Fsp3) is 0.391. The van der Waals surface area contributed by atoms with E-state index in [2.05, 4.69) is 30.1 Å². The lowest BCUT2D eigenvalue weighted by Crippen LogP contribution is -2.29. The van der Waals surface area contributed by atoms with Gasteiger partial charge in [0, 0.05) is 19.7 Å². The van der Waals surface area contributed by atoms with Crippen LogP contribution in [0.15, 0.2) is 30.6 Å². The van der Waals surface area contributed by atoms with Crippen LogP contribution in [-0.4, -0.2) is 61.9 Å². The molecule has 1 fully saturated rings. The van der Waals surface area contributed by atoms with E-state index in [9.17, 15) is 22.8 Å². The lowest BCUT2D eigenvalue weighted by atomic mass is 10.1. The Morgan fingerprint density at radius 2 is 1.89 bits per heavy atom. The Morgan fingerprint density at radius 1 is 1.17 bits per heavy atom. The number of carbonyl (C=O) groups is 2. The van der Waals surface area contributed by atoms with E-state index in [1.165, 1.54) is 28.0 Å². The number of benzene rings is 1. The van der Waals surface area contributed by atoms with E-state index in [0.29, 0.717) is 17.2 Å². The van der Waals surface area contributed by atoms with Crippen molar-refractivity contribution in [3.8, 4) is 11.6 Å². The van der Waals surface area contributed by atoms with Gasteiger partial charge in [0.2, 0.25) is 0 Å². The molecule has 36 heavy (non-hydrogen) atoms. The molecule has 1 aliphatic rings. The molecule has 0 radical (unpaired) electrons. The molecule has 0 saturated heterocycles. The van der Waals surface area contributed by atoms with Crippen LogP contribution in [0.1, 0.15) is 69.8 Å². The van der Waals surface area contributed by atoms with Gasteiger partial charge in [-0.25, -0.2) is 15.0 Å². The monoisotopic (exact) mass is 503 g/mol. The number of nitrogens with one attached hydrogen (secondary N) is 1. The highest BCUT2D eigenvalue weighted by Gasteiger charge is 2.33. The van der Waals surface area contributed by atoms with Gasteiger partial charge in [-0.3, -0.25) is 9.59 Å². The standard InChI is InChI=1S/C23H24F3N7O3/c1-12(20-30-13(2)31-33(20)19-11-27-18(10-28-19)22(35)32(3)4)29-21(34)16-7-15(14-5-6-14)8-17(9-16)36-23(24,25)26/h7-12,14H,5-6H2,1-4H3,(H,29,34)/t12-/m0/s1. The predicted octanol–water partition coefficient (Wildman–Crippen LogP) is 3.33. The van der Waals surface area contributed by atoms with Crippen LogP contribution in [0, 0.1) is 6.92 Å². The minimum absolute atomic E-state index is 0.0413. The molecule has 4 rings (SSSR count). The molecule has 2 aromatic heterocycles. The smallest absolute Gasteiger partial charge is 0.406 e. The maximum Gasteiger partial charge on any atom is 0.573 e. The second-order valence-corrected chi connectivity index (χ2v) is 8.70. The van der Waals surface area contributed by atoms with Gasteiger partial charge in [-0.1, -0.05) is 0 Å². The molecule has 1 N–H and O–H groups in total. The van der Waals surface area contributed by atoms with Gasteiger partial charge in [-0.05, 0) is 56.4 Å². The molecular formula is C23H24F3N7O3. The van der Waals surface area contributed by atoms with Crippen molar-refractivity contribution in [3.63, 3.8) is 0 Å². The van der Waals surface area contributed by atoms with Gasteiger partial charge in [0.05, 0.1) is 18.4 Å². The minimum atomic E-state index is -4.87. The summed E-state index contributed by atoms with van der Waals surface area (Å²) >= 11 is 0. The Morgan fingerprint density at radius 3 is 2.47 bits per heavy atom. The quantitative estimate of drug-likeness (QED) is 0.526. The van der Waals surface area contributed by atoms with Crippen molar-refractivity contribution >= 4 is 11.8 Å². The van der Waals surface area contributed by atoms with E-state index >= 15 is 0 Å². The summed E-state index contributed by atoms with van der Waals surface area (Å²) in [5.41, 5.74) is 0.812. The number of alkyl halides is 3. The van der Waals surface area contributed by atoms with Crippen LogP contribution >= 0.6 is 0 Å². The van der Waals surface area contributed by atoms with Crippen LogP contribution in [-0.2, 0) is 0 Å². The summed E-state index contributed by atoms with van der Waals surface area (Å²) in [6, 6.07) is 3.25. The van der Waals surface area contributed by atoms with Crippen molar-refractivity contribution in [3.05, 3.63) is 59.1 Å². The Bertz CT molecular complexity index is 1290. The van der Waals surface area contributed by atoms with Crippen molar-refractivity contribution in [2.75, 3.05) is 14.1 Å². The average Bonchev–Trinajstić information content (AvgIpc) is 3.58. The number of hydrogen-bond acceptors (Lipinski definition) is 7. The highest BCUT2D eigenvalue weighted by atomic mass is 19.4. The van der Waals surface area contributed by atoms with E-state index in [1.807, 2.05) is 0 Å². The van der Waals surface area contributed by atoms with Crippen molar-refractivity contribution in [2.45, 2.75) is 45.0 Å². The number of aryl methyl sites for hydroxylation is 1. The van der Waals surface area contributed by atoms with Gasteiger partial charge in [-0.2, -0.15) is 4.68 Å². The fourth-order valence-corrected chi connectivity index (χ4v) is 3.59. The first kappa shape index (κ1) is 25.1. The Hall–Kier alpha value is -4.03. The van der Waals surface area contributed by atoms with Crippen LogP contribution in [0.4, 0.5) is 13.2 Å². The molecule has 1 atom stereocenters. The number of aromatic nitrogens is 5. The summed E-state index contributed by atoms with van der Waals surface area (Å²) in [5, 5.41) is 7.05. The summed E-state index contributed by atoms with van der Waals surface area (Å²) in [6.45, 7) is 3.32. The summed E-state index contributed by atoms with van der Waals surface area (Å²) in [6.07, 6.45) is -0.508. The largest absolute Gasteiger partial charge is 0.573 e. The number of halogens is 3. The lowest BCUT2D eigenvalue weighted by Gasteiger charge is -2.16. The molecule has 2 heterocycles. The Labute approximate surface area is 204 Å². The second-order valence-electron chi connectivity index (χ2n) is 8.70. The predicted molar refractivity (Wildman–Crippen MR) is 121 cm³/mol. The van der Waals surface area contributed by atoms with E-state index < -0.39 is 24.1 Å². The average molecular weight is 503 g/mol. The molecule has 10 nitrogen and oxygen atoms in total. The maximum absolute atomic E-state index is 13.0. The minimum Gasteiger partial charge on any atom is -0.406 e. The van der Waals surface area contributed by atoms with Gasteiger partial charge in [0.15, 0.2) is 11.6 Å². The number of nitrogens with zero attached hydrogens (tertiary/aromatic N) is 6. The maximum atomic E-state index is 13.0. The van der Waals surface area contributed by atoms with Crippen LogP contribution in [0.2, 0.25) is 0 Å². The first-order chi connectivity index (χ1) is 16.9. The molecule has 13 heteroatoms. The van der Waals surface area contributed by atoms with E-state index in [4.69, 9.17) is 0 Å². The van der Waals surface area contributed by atoms with Crippen LogP contribution in [0.3, 0.4) is 0 Å². The summed E-state index contributed by atoms with van der Waals surface area (Å²) in [5.74, 6) is -0.235. The fourth-order valence-electron chi connectivity index (χ4n) is 3.59. The third kappa shape index (κ3) is 5.78. The summed E-state index contributed by atoms with van der Waals surface area (Å²) in [4.78, 5) is 39.2. The van der Waals surface area contributed by atoms with Crippen LogP contribution in [0.5, 0.6) is 5.75 Å². The van der Waals surface area contributed by atoms with E-state index in [0.717, 1.165) is 18.9 Å². The molecule has 0 bridgehead atoms. The molecule has 0 unspecified atom stereocenters. The molecular weight excluding hydrogens is 479 g/mol. The van der Waals surface area contributed by atoms with Gasteiger partial charge in [0.1, 0.15) is 17.3 Å². The zero-order valence-electron chi connectivity index (χ0n) is 20.0. The molecule has 2 amide bonds. The SMILES string of the molecule is Cc1nc([C@H](C)NC(=O)c2cc(OC(F)(F)F)cc(C3CC3)c2)n(-c2cnc(C(=O)N(C)C)cn2)n1. The van der Waals surface area contributed by atoms with Crippen molar-refractivity contribution in [1.82, 2.24) is 34.9 Å². The normalized spacial score (nSPS) is 14.3. The summed E-state index contributed by atoms with van der Waals surface area (Å²) in [7, 11) is 3.19. The van der Waals surface area contributed by atoms with Crippen LogP contribution in [0.25, 0.3) is 5.82 Å². The first-order valence-corrected chi connectivity index (χ1v) is 11.1. The zero-order chi connectivity index (χ0) is 26.2. The molecule has 0 spiro atoms. The van der Waals surface area contributed by atoms with Gasteiger partial charge >= 0.3 is 6.36 Å². The van der Waals surface area contributed by atoms with E-state index in [1.54, 1.807) is 34.0 Å². The number of hydrogen-bond donors (Lipinski definition) is 1. The molecule has 1 saturated carbocycles. The molecule has 3 aromatic rings. The number of ether oxygens (including phenoxy) is 1. The van der Waals surface area contributed by atoms with Gasteiger partial charge < -0.3 is 15.0 Å². The third-order valence-corrected chi connectivity index (χ3v) is 5.43. The number of amides is 2. The number of rotatable bonds is 7. The summed E-state index contributed by atoms with van der Waals surface area (Å²) < 4.78 is 43.9. The number of carbonyl (C=O) groups excluding carboxylic acids is 2. The van der Waals surface area contributed by atoms with Crippen LogP contribution < -0.4 is 10.1 Å². The first-order valence-electron chi connectivity index (χ1n) is 11.1. The topological polar surface area (TPSA) is 115 Å². The van der Waals surface area contributed by atoms with E-state index in [-0.39, 0.29) is 28.9 Å². The lowest BCUT2D eigenvalue weighted by molar-refractivity contribution is -0.274. The van der Waals surface area contributed by atoms with Crippen molar-refractivity contribution in [1.29, 1.82) is 0 Å². The highest BCUT2D eigenvalue weighted by molar-refractivity contribution is 5.95. The molecule has 1 aromatic carbocycles. The van der Waals surface area contributed by atoms with Crippen molar-refractivity contribution < 1.29 is 27.5 Å². The second kappa shape index (κ2) is 9.55. The van der Waals surface area contributed by atoms with Crippen molar-refractivity contribution in [2.24, 2.45) is 0 Å². The van der Waals surface area contributed by atoms with Gasteiger partial charge in [-0.15, -0.1) is 18.3 Å². The molecule has 0 aliphatic heterocycles. The third-order valence-electron chi connectivity index (χ3n) is 5.43. The molecule has 1 aliphatic carbocycles. The molecule has 190 valence electrons.